The van der Waals surface area contributed by atoms with Gasteiger partial charge in [0.25, 0.3) is 0 Å². The molecule has 0 spiro atoms. The lowest BCUT2D eigenvalue weighted by Gasteiger charge is -2.13. The number of rotatable bonds is 6. The minimum absolute atomic E-state index is 0.706. The fourth-order valence-electron chi connectivity index (χ4n) is 3.85. The van der Waals surface area contributed by atoms with Gasteiger partial charge in [-0.25, -0.2) is 9.97 Å². The van der Waals surface area contributed by atoms with Crippen LogP contribution < -0.4 is 10.1 Å². The van der Waals surface area contributed by atoms with Crippen LogP contribution in [0.3, 0.4) is 0 Å². The van der Waals surface area contributed by atoms with Crippen LogP contribution in [0.1, 0.15) is 29.1 Å². The van der Waals surface area contributed by atoms with Crippen LogP contribution in [0.2, 0.25) is 5.02 Å². The smallest absolute Gasteiger partial charge is 0.143 e. The maximum absolute atomic E-state index is 6.01. The molecule has 0 fully saturated rings. The lowest BCUT2D eigenvalue weighted by Crippen LogP contribution is -2.03. The first kappa shape index (κ1) is 20.6. The number of fused-ring (bicyclic) bond motifs is 3. The van der Waals surface area contributed by atoms with Crippen molar-refractivity contribution in [3.8, 4) is 5.75 Å². The average molecular weight is 468 g/mol. The number of halogens is 1. The zero-order chi connectivity index (χ0) is 21.2. The third-order valence-electron chi connectivity index (χ3n) is 5.40. The Balaban J connectivity index is 1.50. The molecule has 1 N–H and O–H groups in total. The number of benzene rings is 2. The van der Waals surface area contributed by atoms with E-state index in [1.807, 2.05) is 59.9 Å². The zero-order valence-electron chi connectivity index (χ0n) is 17.2. The molecule has 4 nitrogen and oxygen atoms in total. The Morgan fingerprint density at radius 3 is 2.58 bits per heavy atom. The van der Waals surface area contributed by atoms with E-state index in [0.29, 0.717) is 5.75 Å². The summed E-state index contributed by atoms with van der Waals surface area (Å²) in [4.78, 5) is 13.6. The van der Waals surface area contributed by atoms with Crippen LogP contribution in [0.25, 0.3) is 10.2 Å². The Labute approximate surface area is 195 Å². The number of hydrogen-bond donors (Lipinski definition) is 1. The van der Waals surface area contributed by atoms with E-state index < -0.39 is 0 Å². The van der Waals surface area contributed by atoms with E-state index in [0.717, 1.165) is 50.7 Å². The minimum Gasteiger partial charge on any atom is -0.497 e. The number of methoxy groups -OCH3 is 1. The van der Waals surface area contributed by atoms with Crippen LogP contribution in [0.4, 0.5) is 11.5 Å². The molecule has 2 aromatic heterocycles. The SMILES string of the molecule is COc1ccc(Nc2nc(CSc3ccc(Cl)cc3)nc3sc4c(c23)CCCC4)cc1. The van der Waals surface area contributed by atoms with Gasteiger partial charge in [0, 0.05) is 20.5 Å². The topological polar surface area (TPSA) is 47.0 Å². The molecule has 0 amide bonds. The van der Waals surface area contributed by atoms with Crippen LogP contribution in [-0.4, -0.2) is 17.1 Å². The number of nitrogens with zero attached hydrogens (tertiary/aromatic N) is 2. The molecule has 0 unspecified atom stereocenters. The van der Waals surface area contributed by atoms with Gasteiger partial charge in [-0.3, -0.25) is 0 Å². The molecule has 4 aromatic rings. The molecule has 2 aromatic carbocycles. The normalized spacial score (nSPS) is 13.2. The fourth-order valence-corrected chi connectivity index (χ4v) is 6.01. The number of hydrogen-bond acceptors (Lipinski definition) is 6. The summed E-state index contributed by atoms with van der Waals surface area (Å²) >= 11 is 9.56. The van der Waals surface area contributed by atoms with Gasteiger partial charge < -0.3 is 10.1 Å². The molecule has 0 aliphatic heterocycles. The first-order chi connectivity index (χ1) is 15.2. The van der Waals surface area contributed by atoms with Crippen molar-refractivity contribution in [2.24, 2.45) is 0 Å². The van der Waals surface area contributed by atoms with Gasteiger partial charge in [-0.1, -0.05) is 11.6 Å². The molecule has 2 heterocycles. The summed E-state index contributed by atoms with van der Waals surface area (Å²) in [7, 11) is 1.68. The number of aryl methyl sites for hydroxylation is 2. The van der Waals surface area contributed by atoms with Gasteiger partial charge in [0.1, 0.15) is 22.2 Å². The molecule has 1 aliphatic rings. The number of thiophene rings is 1. The van der Waals surface area contributed by atoms with Gasteiger partial charge in [-0.15, -0.1) is 23.1 Å². The van der Waals surface area contributed by atoms with Crippen LogP contribution >= 0.6 is 34.7 Å². The molecule has 0 saturated heterocycles. The van der Waals surface area contributed by atoms with Crippen molar-refractivity contribution in [2.45, 2.75) is 36.3 Å². The number of thioether (sulfide) groups is 1. The Kier molecular flexibility index (Phi) is 6.03. The summed E-state index contributed by atoms with van der Waals surface area (Å²) in [5.41, 5.74) is 2.42. The largest absolute Gasteiger partial charge is 0.497 e. The van der Waals surface area contributed by atoms with Crippen LogP contribution in [-0.2, 0) is 18.6 Å². The Bertz CT molecular complexity index is 1210. The van der Waals surface area contributed by atoms with E-state index in [2.05, 4.69) is 5.32 Å². The van der Waals surface area contributed by atoms with Crippen molar-refractivity contribution >= 4 is 56.4 Å². The second-order valence-electron chi connectivity index (χ2n) is 7.48. The highest BCUT2D eigenvalue weighted by Crippen LogP contribution is 2.40. The molecule has 158 valence electrons. The average Bonchev–Trinajstić information content (AvgIpc) is 3.18. The molecule has 0 saturated carbocycles. The van der Waals surface area contributed by atoms with Crippen LogP contribution in [0, 0.1) is 0 Å². The molecule has 1 aliphatic carbocycles. The van der Waals surface area contributed by atoms with Crippen molar-refractivity contribution in [1.29, 1.82) is 0 Å². The van der Waals surface area contributed by atoms with Crippen molar-refractivity contribution in [3.63, 3.8) is 0 Å². The predicted molar refractivity (Wildman–Crippen MR) is 131 cm³/mol. The van der Waals surface area contributed by atoms with Gasteiger partial charge in [0.15, 0.2) is 0 Å². The number of anilines is 2. The van der Waals surface area contributed by atoms with E-state index in [1.54, 1.807) is 18.9 Å². The van der Waals surface area contributed by atoms with E-state index >= 15 is 0 Å². The number of ether oxygens (including phenoxy) is 1. The number of aromatic nitrogens is 2. The first-order valence-corrected chi connectivity index (χ1v) is 12.5. The highest BCUT2D eigenvalue weighted by molar-refractivity contribution is 7.98. The van der Waals surface area contributed by atoms with Gasteiger partial charge in [-0.05, 0) is 79.8 Å². The van der Waals surface area contributed by atoms with Crippen LogP contribution in [0.15, 0.2) is 53.4 Å². The van der Waals surface area contributed by atoms with E-state index in [-0.39, 0.29) is 0 Å². The molecule has 5 rings (SSSR count). The molecule has 31 heavy (non-hydrogen) atoms. The monoisotopic (exact) mass is 467 g/mol. The highest BCUT2D eigenvalue weighted by atomic mass is 35.5. The van der Waals surface area contributed by atoms with Gasteiger partial charge in [-0.2, -0.15) is 0 Å². The highest BCUT2D eigenvalue weighted by Gasteiger charge is 2.21. The maximum Gasteiger partial charge on any atom is 0.143 e. The third kappa shape index (κ3) is 4.52. The lowest BCUT2D eigenvalue weighted by atomic mass is 9.97. The van der Waals surface area contributed by atoms with Crippen LogP contribution in [0.5, 0.6) is 5.75 Å². The Morgan fingerprint density at radius 2 is 1.81 bits per heavy atom. The second kappa shape index (κ2) is 9.07. The van der Waals surface area contributed by atoms with Gasteiger partial charge in [0.05, 0.1) is 18.2 Å². The molecule has 0 bridgehead atoms. The first-order valence-electron chi connectivity index (χ1n) is 10.3. The number of nitrogens with one attached hydrogen (secondary N) is 1. The predicted octanol–water partition coefficient (Wildman–Crippen LogP) is 7.27. The fraction of sp³-hybridized carbons (Fsp3) is 0.250. The quantitative estimate of drug-likeness (QED) is 0.302. The van der Waals surface area contributed by atoms with E-state index in [9.17, 15) is 0 Å². The summed E-state index contributed by atoms with van der Waals surface area (Å²) in [6, 6.07) is 15.9. The maximum atomic E-state index is 6.01. The molecule has 0 atom stereocenters. The molecular weight excluding hydrogens is 446 g/mol. The molecule has 0 radical (unpaired) electrons. The van der Waals surface area contributed by atoms with Gasteiger partial charge >= 0.3 is 0 Å². The van der Waals surface area contributed by atoms with Crippen molar-refractivity contribution in [2.75, 3.05) is 12.4 Å². The summed E-state index contributed by atoms with van der Waals surface area (Å²) < 4.78 is 5.29. The minimum atomic E-state index is 0.706. The zero-order valence-corrected chi connectivity index (χ0v) is 19.5. The molecular formula is C24H22ClN3OS2. The lowest BCUT2D eigenvalue weighted by molar-refractivity contribution is 0.415. The van der Waals surface area contributed by atoms with Gasteiger partial charge in [0.2, 0.25) is 0 Å². The third-order valence-corrected chi connectivity index (χ3v) is 7.84. The second-order valence-corrected chi connectivity index (χ2v) is 10.0. The van der Waals surface area contributed by atoms with Crippen molar-refractivity contribution in [1.82, 2.24) is 9.97 Å². The Morgan fingerprint density at radius 1 is 1.03 bits per heavy atom. The summed E-state index contributed by atoms with van der Waals surface area (Å²) in [5, 5.41) is 5.49. The summed E-state index contributed by atoms with van der Waals surface area (Å²) in [6.45, 7) is 0. The molecule has 7 heteroatoms. The van der Waals surface area contributed by atoms with E-state index in [1.165, 1.54) is 28.7 Å². The standard InChI is InChI=1S/C24H22ClN3OS2/c1-29-17-10-8-16(9-11-17)26-23-22-19-4-2-3-5-20(19)31-24(22)28-21(27-23)14-30-18-12-6-15(25)7-13-18/h6-13H,2-5,14H2,1H3,(H,26,27,28). The Hall–Kier alpha value is -2.28. The summed E-state index contributed by atoms with van der Waals surface area (Å²) in [6.07, 6.45) is 4.74. The van der Waals surface area contributed by atoms with E-state index in [4.69, 9.17) is 26.3 Å². The van der Waals surface area contributed by atoms with Crippen molar-refractivity contribution < 1.29 is 4.74 Å². The van der Waals surface area contributed by atoms with Crippen molar-refractivity contribution in [3.05, 3.63) is 69.8 Å². The summed E-state index contributed by atoms with van der Waals surface area (Å²) in [5.74, 6) is 3.28.